The van der Waals surface area contributed by atoms with Crippen molar-refractivity contribution in [1.82, 2.24) is 10.2 Å². The summed E-state index contributed by atoms with van der Waals surface area (Å²) in [4.78, 5) is 18.9. The van der Waals surface area contributed by atoms with E-state index in [2.05, 4.69) is 22.4 Å². The van der Waals surface area contributed by atoms with E-state index in [1.807, 2.05) is 59.5 Å². The first-order valence-corrected chi connectivity index (χ1v) is 11.0. The Bertz CT molecular complexity index is 1230. The minimum Gasteiger partial charge on any atom is -0.508 e. The molecule has 0 aliphatic carbocycles. The van der Waals surface area contributed by atoms with Gasteiger partial charge in [0.15, 0.2) is 5.82 Å². The number of hydrogen-bond donors (Lipinski definition) is 3. The molecule has 0 radical (unpaired) electrons. The van der Waals surface area contributed by atoms with Crippen molar-refractivity contribution >= 4 is 11.6 Å². The lowest BCUT2D eigenvalue weighted by molar-refractivity contribution is -0.406. The van der Waals surface area contributed by atoms with Crippen LogP contribution in [0.4, 0.5) is 0 Å². The van der Waals surface area contributed by atoms with E-state index in [0.29, 0.717) is 19.4 Å². The summed E-state index contributed by atoms with van der Waals surface area (Å²) in [6, 6.07) is 24.7. The van der Waals surface area contributed by atoms with Crippen LogP contribution in [0, 0.1) is 0 Å². The van der Waals surface area contributed by atoms with Crippen LogP contribution in [0.2, 0.25) is 0 Å². The second kappa shape index (κ2) is 8.82. The number of rotatable bonds is 6. The van der Waals surface area contributed by atoms with Crippen molar-refractivity contribution in [2.45, 2.75) is 18.9 Å². The van der Waals surface area contributed by atoms with Crippen LogP contribution in [0.1, 0.15) is 16.7 Å². The maximum Gasteiger partial charge on any atom is 0.251 e. The fraction of sp³-hybridized carbons (Fsp3) is 0.185. The summed E-state index contributed by atoms with van der Waals surface area (Å²) in [5.41, 5.74) is 5.03. The highest BCUT2D eigenvalue weighted by Gasteiger charge is 2.42. The minimum atomic E-state index is -0.348. The quantitative estimate of drug-likeness (QED) is 0.546. The summed E-state index contributed by atoms with van der Waals surface area (Å²) in [7, 11) is 1.64. The lowest BCUT2D eigenvalue weighted by Gasteiger charge is -2.20. The zero-order valence-electron chi connectivity index (χ0n) is 18.4. The summed E-state index contributed by atoms with van der Waals surface area (Å²) in [5, 5.41) is 13.2. The highest BCUT2D eigenvalue weighted by Crippen LogP contribution is 2.24. The lowest BCUT2D eigenvalue weighted by Crippen LogP contribution is -2.76. The number of fused-ring (bicyclic) bond motifs is 1. The van der Waals surface area contributed by atoms with E-state index in [1.165, 1.54) is 0 Å². The average molecular weight is 441 g/mol. The van der Waals surface area contributed by atoms with Gasteiger partial charge in [0.2, 0.25) is 11.4 Å². The SMILES string of the molecule is COc1cccc(CC2NC3=C(Cc4ccccc4)[NH+]=C(c4ccc(O)cc4)CN3C2=O)c1. The Labute approximate surface area is 192 Å². The molecule has 0 aromatic heterocycles. The highest BCUT2D eigenvalue weighted by atomic mass is 16.5. The van der Waals surface area contributed by atoms with Gasteiger partial charge < -0.3 is 15.2 Å². The van der Waals surface area contributed by atoms with Crippen molar-refractivity contribution in [3.05, 3.63) is 107 Å². The largest absolute Gasteiger partial charge is 0.508 e. The van der Waals surface area contributed by atoms with E-state index < -0.39 is 0 Å². The first-order valence-electron chi connectivity index (χ1n) is 11.0. The van der Waals surface area contributed by atoms with Gasteiger partial charge in [0, 0.05) is 12.0 Å². The Hall–Kier alpha value is -4.06. The van der Waals surface area contributed by atoms with Gasteiger partial charge in [-0.25, -0.2) is 4.99 Å². The number of carbonyl (C=O) groups is 1. The smallest absolute Gasteiger partial charge is 0.251 e. The third-order valence-electron chi connectivity index (χ3n) is 6.06. The summed E-state index contributed by atoms with van der Waals surface area (Å²) in [6.45, 7) is 0.443. The summed E-state index contributed by atoms with van der Waals surface area (Å²) < 4.78 is 5.34. The van der Waals surface area contributed by atoms with Crippen molar-refractivity contribution in [2.75, 3.05) is 13.7 Å². The number of methoxy groups -OCH3 is 1. The normalized spacial score (nSPS) is 17.5. The number of nitrogens with zero attached hydrogens (tertiary/aromatic N) is 1. The molecule has 2 aliphatic rings. The number of hydrogen-bond acceptors (Lipinski definition) is 4. The Kier molecular flexibility index (Phi) is 5.57. The molecule has 33 heavy (non-hydrogen) atoms. The van der Waals surface area contributed by atoms with Gasteiger partial charge in [0.25, 0.3) is 5.91 Å². The number of ether oxygens (including phenoxy) is 1. The van der Waals surface area contributed by atoms with E-state index in [4.69, 9.17) is 4.74 Å². The van der Waals surface area contributed by atoms with Gasteiger partial charge in [-0.2, -0.15) is 0 Å². The molecule has 6 heteroatoms. The van der Waals surface area contributed by atoms with E-state index >= 15 is 0 Å². The minimum absolute atomic E-state index is 0.0520. The van der Waals surface area contributed by atoms with Crippen LogP contribution >= 0.6 is 0 Å². The maximum atomic E-state index is 13.4. The number of phenols is 1. The average Bonchev–Trinajstić information content (AvgIpc) is 3.16. The van der Waals surface area contributed by atoms with Crippen molar-refractivity contribution < 1.29 is 19.6 Å². The van der Waals surface area contributed by atoms with Crippen molar-refractivity contribution in [3.8, 4) is 11.5 Å². The van der Waals surface area contributed by atoms with Gasteiger partial charge in [-0.1, -0.05) is 42.5 Å². The first kappa shape index (κ1) is 20.8. The molecule has 0 spiro atoms. The van der Waals surface area contributed by atoms with Crippen LogP contribution in [-0.2, 0) is 17.6 Å². The molecule has 0 bridgehead atoms. The molecule has 0 saturated carbocycles. The summed E-state index contributed by atoms with van der Waals surface area (Å²) in [6.07, 6.45) is 1.24. The Morgan fingerprint density at radius 1 is 1.03 bits per heavy atom. The monoisotopic (exact) mass is 440 g/mol. The molecule has 6 nitrogen and oxygen atoms in total. The predicted octanol–water partition coefficient (Wildman–Crippen LogP) is 1.74. The van der Waals surface area contributed by atoms with Crippen molar-refractivity contribution in [3.63, 3.8) is 0 Å². The second-order valence-corrected chi connectivity index (χ2v) is 8.32. The highest BCUT2D eigenvalue weighted by molar-refractivity contribution is 6.02. The molecule has 3 aromatic rings. The van der Waals surface area contributed by atoms with Gasteiger partial charge in [-0.3, -0.25) is 9.69 Å². The molecule has 1 fully saturated rings. The molecule has 2 aliphatic heterocycles. The van der Waals surface area contributed by atoms with Crippen molar-refractivity contribution in [1.29, 1.82) is 0 Å². The van der Waals surface area contributed by atoms with E-state index in [1.54, 1.807) is 19.2 Å². The van der Waals surface area contributed by atoms with Gasteiger partial charge in [-0.05, 0) is 47.5 Å². The molecule has 2 heterocycles. The molecule has 166 valence electrons. The third kappa shape index (κ3) is 4.32. The second-order valence-electron chi connectivity index (χ2n) is 8.32. The zero-order chi connectivity index (χ0) is 22.8. The van der Waals surface area contributed by atoms with Crippen LogP contribution in [-0.4, -0.2) is 41.3 Å². The van der Waals surface area contributed by atoms with Gasteiger partial charge >= 0.3 is 0 Å². The maximum absolute atomic E-state index is 13.4. The first-order chi connectivity index (χ1) is 16.1. The molecule has 1 atom stereocenters. The molecule has 3 aromatic carbocycles. The molecule has 3 N–H and O–H groups in total. The number of nitrogens with one attached hydrogen (secondary N) is 2. The molecular formula is C27H26N3O3+. The standard InChI is InChI=1S/C27H25N3O3/c1-33-22-9-5-8-19(14-22)16-24-27(32)30-17-25(20-10-12-21(31)13-11-20)28-23(26(30)29-24)15-18-6-3-2-4-7-18/h2-14,24,29,31H,15-17H2,1H3/p+1. The zero-order valence-corrected chi connectivity index (χ0v) is 18.4. The number of allylic oxidation sites excluding steroid dienone is 1. The van der Waals surface area contributed by atoms with Gasteiger partial charge in [0.05, 0.1) is 13.5 Å². The third-order valence-corrected chi connectivity index (χ3v) is 6.06. The van der Waals surface area contributed by atoms with Gasteiger partial charge in [0.1, 0.15) is 24.1 Å². The van der Waals surface area contributed by atoms with Crippen LogP contribution in [0.25, 0.3) is 0 Å². The lowest BCUT2D eigenvalue weighted by atomic mass is 10.0. The summed E-state index contributed by atoms with van der Waals surface area (Å²) >= 11 is 0. The number of aromatic hydroxyl groups is 1. The predicted molar refractivity (Wildman–Crippen MR) is 126 cm³/mol. The Morgan fingerprint density at radius 3 is 2.55 bits per heavy atom. The topological polar surface area (TPSA) is 75.8 Å². The van der Waals surface area contributed by atoms with E-state index in [0.717, 1.165) is 39.7 Å². The number of carbonyl (C=O) groups excluding carboxylic acids is 1. The molecule has 1 amide bonds. The van der Waals surface area contributed by atoms with E-state index in [-0.39, 0.29) is 17.7 Å². The fourth-order valence-electron chi connectivity index (χ4n) is 4.38. The van der Waals surface area contributed by atoms with Crippen LogP contribution in [0.15, 0.2) is 90.4 Å². The van der Waals surface area contributed by atoms with Crippen LogP contribution < -0.4 is 15.0 Å². The van der Waals surface area contributed by atoms with Crippen LogP contribution in [0.5, 0.6) is 11.5 Å². The van der Waals surface area contributed by atoms with Crippen molar-refractivity contribution in [2.24, 2.45) is 0 Å². The number of amides is 1. The van der Waals surface area contributed by atoms with Crippen LogP contribution in [0.3, 0.4) is 0 Å². The molecule has 5 rings (SSSR count). The molecular weight excluding hydrogens is 414 g/mol. The Morgan fingerprint density at radius 2 is 1.79 bits per heavy atom. The summed E-state index contributed by atoms with van der Waals surface area (Å²) in [5.74, 6) is 1.88. The number of phenolic OH excluding ortho intramolecular Hbond substituents is 1. The molecule has 1 saturated heterocycles. The Balaban J connectivity index is 1.47. The van der Waals surface area contributed by atoms with Gasteiger partial charge in [-0.15, -0.1) is 0 Å². The molecule has 1 unspecified atom stereocenters. The van der Waals surface area contributed by atoms with E-state index in [9.17, 15) is 9.90 Å². The number of benzene rings is 3. The fourth-order valence-corrected chi connectivity index (χ4v) is 4.38.